The predicted octanol–water partition coefficient (Wildman–Crippen LogP) is 2.92. The number of nitrogens with zero attached hydrogens (tertiary/aromatic N) is 1. The van der Waals surface area contributed by atoms with Crippen molar-refractivity contribution < 1.29 is 9.84 Å². The molecule has 1 saturated heterocycles. The molecule has 0 amide bonds. The molecule has 0 aromatic rings. The second kappa shape index (κ2) is 5.58. The van der Waals surface area contributed by atoms with Gasteiger partial charge in [0.05, 0.1) is 13.2 Å². The Bertz CT molecular complexity index is 384. The number of hydrogen-bond acceptors (Lipinski definition) is 3. The number of rotatable bonds is 4. The highest BCUT2D eigenvalue weighted by molar-refractivity contribution is 5.29. The van der Waals surface area contributed by atoms with Gasteiger partial charge in [0.2, 0.25) is 0 Å². The Hall–Kier alpha value is -0.960. The molecule has 1 aliphatic carbocycles. The summed E-state index contributed by atoms with van der Waals surface area (Å²) in [6.07, 6.45) is 6.63. The smallest absolute Gasteiger partial charge is 0.117 e. The number of fused-ring (bicyclic) bond motifs is 1. The monoisotopic (exact) mass is 265 g/mol. The molecule has 3 nitrogen and oxygen atoms in total. The van der Waals surface area contributed by atoms with Crippen LogP contribution in [0, 0.1) is 11.8 Å². The van der Waals surface area contributed by atoms with E-state index in [1.54, 1.807) is 0 Å². The van der Waals surface area contributed by atoms with Crippen LogP contribution in [0.1, 0.15) is 40.5 Å². The third-order valence-electron chi connectivity index (χ3n) is 4.43. The van der Waals surface area contributed by atoms with E-state index < -0.39 is 0 Å². The minimum atomic E-state index is 0.110. The van der Waals surface area contributed by atoms with Crippen molar-refractivity contribution in [2.45, 2.75) is 46.1 Å². The van der Waals surface area contributed by atoms with Crippen LogP contribution in [0.25, 0.3) is 0 Å². The molecule has 2 aliphatic rings. The van der Waals surface area contributed by atoms with Crippen molar-refractivity contribution in [2.75, 3.05) is 19.8 Å². The first-order valence-corrected chi connectivity index (χ1v) is 7.42. The van der Waals surface area contributed by atoms with E-state index in [0.29, 0.717) is 25.0 Å². The molecule has 1 heterocycles. The van der Waals surface area contributed by atoms with Gasteiger partial charge in [0.15, 0.2) is 0 Å². The van der Waals surface area contributed by atoms with Crippen LogP contribution in [0.2, 0.25) is 0 Å². The SMILES string of the molecule is CCOC1=CCC2C(=C1)N(CCO)C(C)(C)CC2C. The first-order valence-electron chi connectivity index (χ1n) is 7.42. The molecule has 2 unspecified atom stereocenters. The summed E-state index contributed by atoms with van der Waals surface area (Å²) in [5, 5.41) is 9.36. The Balaban J connectivity index is 2.31. The van der Waals surface area contributed by atoms with Gasteiger partial charge in [-0.3, -0.25) is 0 Å². The van der Waals surface area contributed by atoms with E-state index in [1.807, 2.05) is 6.92 Å². The number of aliphatic hydroxyl groups excluding tert-OH is 1. The normalized spacial score (nSPS) is 29.4. The third kappa shape index (κ3) is 2.81. The van der Waals surface area contributed by atoms with Gasteiger partial charge in [0, 0.05) is 23.7 Å². The molecule has 1 aliphatic heterocycles. The number of aliphatic hydroxyl groups is 1. The average Bonchev–Trinajstić information content (AvgIpc) is 2.34. The first kappa shape index (κ1) is 14.4. The molecule has 2 atom stereocenters. The summed E-state index contributed by atoms with van der Waals surface area (Å²) in [6.45, 7) is 10.5. The largest absolute Gasteiger partial charge is 0.494 e. The Labute approximate surface area is 116 Å². The molecular formula is C16H27NO2. The van der Waals surface area contributed by atoms with Crippen LogP contribution in [-0.2, 0) is 4.74 Å². The highest BCUT2D eigenvalue weighted by atomic mass is 16.5. The van der Waals surface area contributed by atoms with Gasteiger partial charge in [-0.25, -0.2) is 0 Å². The molecular weight excluding hydrogens is 238 g/mol. The topological polar surface area (TPSA) is 32.7 Å². The first-order chi connectivity index (χ1) is 8.99. The lowest BCUT2D eigenvalue weighted by molar-refractivity contribution is 0.0434. The molecule has 1 fully saturated rings. The summed E-state index contributed by atoms with van der Waals surface area (Å²) in [6, 6.07) is 0. The quantitative estimate of drug-likeness (QED) is 0.848. The maximum absolute atomic E-state index is 9.36. The fourth-order valence-corrected chi connectivity index (χ4v) is 3.67. The van der Waals surface area contributed by atoms with E-state index in [1.165, 1.54) is 12.1 Å². The molecule has 19 heavy (non-hydrogen) atoms. The van der Waals surface area contributed by atoms with Gasteiger partial charge in [0.25, 0.3) is 0 Å². The standard InChI is InChI=1S/C16H27NO2/c1-5-19-13-6-7-14-12(2)11-16(3,4)17(8-9-18)15(14)10-13/h6,10,12,14,18H,5,7-9,11H2,1-4H3. The molecule has 2 rings (SSSR count). The second-order valence-corrected chi connectivity index (χ2v) is 6.32. The molecule has 108 valence electrons. The lowest BCUT2D eigenvalue weighted by Crippen LogP contribution is -2.52. The Morgan fingerprint density at radius 3 is 2.84 bits per heavy atom. The van der Waals surface area contributed by atoms with Crippen LogP contribution in [0.4, 0.5) is 0 Å². The zero-order valence-electron chi connectivity index (χ0n) is 12.6. The zero-order valence-corrected chi connectivity index (χ0v) is 12.6. The van der Waals surface area contributed by atoms with Crippen molar-refractivity contribution >= 4 is 0 Å². The van der Waals surface area contributed by atoms with Gasteiger partial charge in [-0.15, -0.1) is 0 Å². The van der Waals surface area contributed by atoms with E-state index >= 15 is 0 Å². The lowest BCUT2D eigenvalue weighted by atomic mass is 9.72. The van der Waals surface area contributed by atoms with Crippen molar-refractivity contribution in [3.05, 3.63) is 23.6 Å². The molecule has 0 spiro atoms. The average molecular weight is 265 g/mol. The molecule has 0 radical (unpaired) electrons. The molecule has 0 aromatic carbocycles. The Kier molecular flexibility index (Phi) is 4.24. The molecule has 0 saturated carbocycles. The van der Waals surface area contributed by atoms with Crippen molar-refractivity contribution in [3.8, 4) is 0 Å². The van der Waals surface area contributed by atoms with Gasteiger partial charge in [-0.1, -0.05) is 6.92 Å². The summed E-state index contributed by atoms with van der Waals surface area (Å²) in [7, 11) is 0. The number of β-amino-alcohol motifs (C(OH)–C–C–N with tert-alkyl or cyclic N) is 1. The Morgan fingerprint density at radius 2 is 2.21 bits per heavy atom. The van der Waals surface area contributed by atoms with E-state index in [4.69, 9.17) is 4.74 Å². The minimum Gasteiger partial charge on any atom is -0.494 e. The number of ether oxygens (including phenoxy) is 1. The molecule has 1 N–H and O–H groups in total. The van der Waals surface area contributed by atoms with Crippen LogP contribution in [0.15, 0.2) is 23.6 Å². The highest BCUT2D eigenvalue weighted by Crippen LogP contribution is 2.44. The summed E-state index contributed by atoms with van der Waals surface area (Å²) >= 11 is 0. The van der Waals surface area contributed by atoms with Crippen LogP contribution in [-0.4, -0.2) is 35.3 Å². The van der Waals surface area contributed by atoms with Gasteiger partial charge < -0.3 is 14.7 Å². The number of allylic oxidation sites excluding steroid dienone is 3. The highest BCUT2D eigenvalue weighted by Gasteiger charge is 2.41. The maximum atomic E-state index is 9.36. The van der Waals surface area contributed by atoms with Gasteiger partial charge in [-0.2, -0.15) is 0 Å². The van der Waals surface area contributed by atoms with Crippen LogP contribution >= 0.6 is 0 Å². The predicted molar refractivity (Wildman–Crippen MR) is 77.6 cm³/mol. The summed E-state index contributed by atoms with van der Waals surface area (Å²) in [4.78, 5) is 2.38. The van der Waals surface area contributed by atoms with Gasteiger partial charge in [0.1, 0.15) is 5.76 Å². The van der Waals surface area contributed by atoms with Crippen LogP contribution in [0.3, 0.4) is 0 Å². The van der Waals surface area contributed by atoms with Crippen molar-refractivity contribution in [1.29, 1.82) is 0 Å². The third-order valence-corrected chi connectivity index (χ3v) is 4.43. The van der Waals surface area contributed by atoms with Crippen molar-refractivity contribution in [1.82, 2.24) is 4.90 Å². The number of hydrogen-bond donors (Lipinski definition) is 1. The van der Waals surface area contributed by atoms with E-state index in [0.717, 1.165) is 12.2 Å². The lowest BCUT2D eigenvalue weighted by Gasteiger charge is -2.52. The van der Waals surface area contributed by atoms with Crippen LogP contribution < -0.4 is 0 Å². The summed E-state index contributed by atoms with van der Waals surface area (Å²) in [5.41, 5.74) is 1.46. The van der Waals surface area contributed by atoms with E-state index in [2.05, 4.69) is 37.8 Å². The maximum Gasteiger partial charge on any atom is 0.117 e. The van der Waals surface area contributed by atoms with Crippen LogP contribution in [0.5, 0.6) is 0 Å². The van der Waals surface area contributed by atoms with Crippen molar-refractivity contribution in [3.63, 3.8) is 0 Å². The van der Waals surface area contributed by atoms with E-state index in [-0.39, 0.29) is 12.1 Å². The van der Waals surface area contributed by atoms with Gasteiger partial charge >= 0.3 is 0 Å². The zero-order chi connectivity index (χ0) is 14.0. The number of piperidine rings is 1. The second-order valence-electron chi connectivity index (χ2n) is 6.32. The minimum absolute atomic E-state index is 0.110. The molecule has 3 heteroatoms. The summed E-state index contributed by atoms with van der Waals surface area (Å²) in [5.74, 6) is 2.24. The fraction of sp³-hybridized carbons (Fsp3) is 0.750. The van der Waals surface area contributed by atoms with Crippen molar-refractivity contribution in [2.24, 2.45) is 11.8 Å². The van der Waals surface area contributed by atoms with Gasteiger partial charge in [-0.05, 0) is 51.7 Å². The summed E-state index contributed by atoms with van der Waals surface area (Å²) < 4.78 is 5.66. The fourth-order valence-electron chi connectivity index (χ4n) is 3.67. The molecule has 0 bridgehead atoms. The van der Waals surface area contributed by atoms with E-state index in [9.17, 15) is 5.11 Å². The Morgan fingerprint density at radius 1 is 1.47 bits per heavy atom. The number of likely N-dealkylation sites (tertiary alicyclic amines) is 1. The molecule has 0 aromatic heterocycles.